The molecule has 1 saturated heterocycles. The molecule has 1 heterocycles. The molecule has 13 heteroatoms. The maximum Gasteiger partial charge on any atom is 0.241 e. The van der Waals surface area contributed by atoms with Gasteiger partial charge < -0.3 is 26.5 Å². The molecular formula is C21H25ClN6O5S. The van der Waals surface area contributed by atoms with Gasteiger partial charge in [-0.25, -0.2) is 8.42 Å². The zero-order valence-corrected chi connectivity index (χ0v) is 19.7. The van der Waals surface area contributed by atoms with Crippen LogP contribution < -0.4 is 21.5 Å². The zero-order chi connectivity index (χ0) is 24.7. The first-order valence-corrected chi connectivity index (χ1v) is 12.2. The molecule has 1 atom stereocenters. The molecular weight excluding hydrogens is 484 g/mol. The highest BCUT2D eigenvalue weighted by molar-refractivity contribution is 7.89. The summed E-state index contributed by atoms with van der Waals surface area (Å²) in [6, 6.07) is 12.5. The van der Waals surface area contributed by atoms with Gasteiger partial charge >= 0.3 is 0 Å². The van der Waals surface area contributed by atoms with Crippen molar-refractivity contribution < 1.29 is 22.8 Å². The van der Waals surface area contributed by atoms with E-state index in [4.69, 9.17) is 27.9 Å². The number of guanidine groups is 1. The minimum atomic E-state index is -3.93. The number of hydrogen-bond donors (Lipinski definition) is 4. The van der Waals surface area contributed by atoms with E-state index >= 15 is 0 Å². The van der Waals surface area contributed by atoms with Crippen LogP contribution in [0.4, 0.5) is 0 Å². The molecule has 1 fully saturated rings. The number of carbonyl (C=O) groups is 2. The summed E-state index contributed by atoms with van der Waals surface area (Å²) in [6.07, 6.45) is 0.252. The minimum Gasteiger partial charge on any atom is -0.391 e. The Hall–Kier alpha value is -3.35. The lowest BCUT2D eigenvalue weighted by atomic mass is 10.1. The summed E-state index contributed by atoms with van der Waals surface area (Å²) in [5.41, 5.74) is 11.9. The van der Waals surface area contributed by atoms with E-state index in [-0.39, 0.29) is 43.5 Å². The van der Waals surface area contributed by atoms with E-state index in [1.54, 1.807) is 24.3 Å². The number of nitrogens with two attached hydrogens (primary N) is 2. The molecule has 2 aromatic carbocycles. The molecule has 0 unspecified atom stereocenters. The van der Waals surface area contributed by atoms with Crippen molar-refractivity contribution in [3.63, 3.8) is 0 Å². The fourth-order valence-corrected chi connectivity index (χ4v) is 4.66. The summed E-state index contributed by atoms with van der Waals surface area (Å²) >= 11 is 5.90. The van der Waals surface area contributed by atoms with Crippen molar-refractivity contribution in [3.05, 3.63) is 53.6 Å². The van der Waals surface area contributed by atoms with E-state index in [2.05, 4.69) is 15.2 Å². The van der Waals surface area contributed by atoms with Crippen LogP contribution in [0.5, 0.6) is 0 Å². The molecule has 0 spiro atoms. The van der Waals surface area contributed by atoms with Crippen molar-refractivity contribution in [2.75, 3.05) is 26.2 Å². The Labute approximate surface area is 202 Å². The molecule has 0 radical (unpaired) electrons. The summed E-state index contributed by atoms with van der Waals surface area (Å²) in [6.45, 7) is 0.241. The summed E-state index contributed by atoms with van der Waals surface area (Å²) < 4.78 is 28.0. The van der Waals surface area contributed by atoms with Crippen LogP contribution in [0.15, 0.2) is 58.6 Å². The van der Waals surface area contributed by atoms with E-state index in [9.17, 15) is 18.0 Å². The molecule has 182 valence electrons. The second-order valence-corrected chi connectivity index (χ2v) is 9.60. The van der Waals surface area contributed by atoms with Crippen molar-refractivity contribution in [2.45, 2.75) is 17.4 Å². The van der Waals surface area contributed by atoms with E-state index < -0.39 is 27.9 Å². The Kier molecular flexibility index (Phi) is 8.31. The van der Waals surface area contributed by atoms with Gasteiger partial charge in [0, 0.05) is 11.6 Å². The fourth-order valence-electron chi connectivity index (χ4n) is 3.32. The molecule has 2 aromatic rings. The number of carbonyl (C=O) groups excluding carboxylic acids is 2. The highest BCUT2D eigenvalue weighted by atomic mass is 35.5. The van der Waals surface area contributed by atoms with Gasteiger partial charge in [-0.05, 0) is 47.0 Å². The number of rotatable bonds is 10. The number of sulfonamides is 1. The second-order valence-electron chi connectivity index (χ2n) is 7.45. The van der Waals surface area contributed by atoms with Crippen LogP contribution in [0.1, 0.15) is 6.42 Å². The largest absolute Gasteiger partial charge is 0.391 e. The monoisotopic (exact) mass is 508 g/mol. The predicted molar refractivity (Wildman–Crippen MR) is 127 cm³/mol. The van der Waals surface area contributed by atoms with Crippen molar-refractivity contribution in [1.29, 1.82) is 0 Å². The average molecular weight is 509 g/mol. The highest BCUT2D eigenvalue weighted by Crippen LogP contribution is 2.23. The van der Waals surface area contributed by atoms with Gasteiger partial charge in [-0.3, -0.25) is 9.59 Å². The van der Waals surface area contributed by atoms with Crippen molar-refractivity contribution in [1.82, 2.24) is 14.9 Å². The number of likely N-dealkylation sites (tertiary alicyclic amines) is 1. The van der Waals surface area contributed by atoms with Crippen LogP contribution in [0.25, 0.3) is 11.1 Å². The third-order valence-electron chi connectivity index (χ3n) is 4.96. The Morgan fingerprint density at radius 3 is 2.35 bits per heavy atom. The number of amides is 2. The topological polar surface area (TPSA) is 169 Å². The molecule has 0 bridgehead atoms. The summed E-state index contributed by atoms with van der Waals surface area (Å²) in [4.78, 5) is 30.7. The predicted octanol–water partition coefficient (Wildman–Crippen LogP) is 0.207. The molecule has 3 rings (SSSR count). The van der Waals surface area contributed by atoms with Crippen LogP contribution in [-0.4, -0.2) is 63.4 Å². The van der Waals surface area contributed by atoms with Gasteiger partial charge in [0.05, 0.1) is 18.0 Å². The molecule has 2 amide bonds. The van der Waals surface area contributed by atoms with Crippen LogP contribution in [-0.2, 0) is 24.4 Å². The van der Waals surface area contributed by atoms with Gasteiger partial charge in [0.15, 0.2) is 0 Å². The third-order valence-corrected chi connectivity index (χ3v) is 6.70. The zero-order valence-electron chi connectivity index (χ0n) is 18.1. The van der Waals surface area contributed by atoms with E-state index in [0.717, 1.165) is 11.1 Å². The molecule has 6 N–H and O–H groups in total. The van der Waals surface area contributed by atoms with Gasteiger partial charge in [-0.15, -0.1) is 0 Å². The third kappa shape index (κ3) is 6.83. The molecule has 0 saturated carbocycles. The maximum atomic E-state index is 12.8. The van der Waals surface area contributed by atoms with Crippen LogP contribution >= 0.6 is 11.6 Å². The van der Waals surface area contributed by atoms with E-state index in [1.165, 1.54) is 17.0 Å². The maximum absolute atomic E-state index is 12.8. The Morgan fingerprint density at radius 2 is 1.74 bits per heavy atom. The standard InChI is InChI=1S/C21H25ClN6O5S/c22-16-5-1-14(2-6-16)15-3-7-17(8-4-15)34(31,32)27-18-9-11-28(20(18)30)13-19(29)25-10-12-33-26-21(23)24/h1-8,18,27H,9-13H2,(H,25,29)(H4,23,24,26)/t18-/m0/s1. The van der Waals surface area contributed by atoms with Gasteiger partial charge in [0.2, 0.25) is 27.8 Å². The smallest absolute Gasteiger partial charge is 0.241 e. The summed E-state index contributed by atoms with van der Waals surface area (Å²) in [5, 5.41) is 6.48. The van der Waals surface area contributed by atoms with Crippen LogP contribution in [0.3, 0.4) is 0 Å². The van der Waals surface area contributed by atoms with Crippen LogP contribution in [0.2, 0.25) is 5.02 Å². The van der Waals surface area contributed by atoms with Crippen molar-refractivity contribution >= 4 is 39.4 Å². The number of hydrogen-bond acceptors (Lipinski definition) is 6. The second kappa shape index (κ2) is 11.2. The van der Waals surface area contributed by atoms with E-state index in [1.807, 2.05) is 12.1 Å². The first kappa shape index (κ1) is 25.3. The number of halogens is 1. The number of nitrogens with one attached hydrogen (secondary N) is 2. The lowest BCUT2D eigenvalue weighted by Crippen LogP contribution is -2.44. The SMILES string of the molecule is NC(N)=NOCCNC(=O)CN1CC[C@H](NS(=O)(=O)c2ccc(-c3ccc(Cl)cc3)cc2)C1=O. The van der Waals surface area contributed by atoms with Crippen molar-refractivity contribution in [3.8, 4) is 11.1 Å². The first-order chi connectivity index (χ1) is 16.2. The first-order valence-electron chi connectivity index (χ1n) is 10.3. The fraction of sp³-hybridized carbons (Fsp3) is 0.286. The Morgan fingerprint density at radius 1 is 1.12 bits per heavy atom. The Bertz CT molecular complexity index is 1150. The molecule has 1 aliphatic heterocycles. The molecule has 0 aromatic heterocycles. The number of oxime groups is 1. The molecule has 1 aliphatic rings. The Balaban J connectivity index is 1.53. The van der Waals surface area contributed by atoms with Gasteiger partial charge in [0.25, 0.3) is 0 Å². The molecule has 0 aliphatic carbocycles. The quantitative estimate of drug-likeness (QED) is 0.154. The van der Waals surface area contributed by atoms with Crippen molar-refractivity contribution in [2.24, 2.45) is 16.6 Å². The van der Waals surface area contributed by atoms with Crippen LogP contribution in [0, 0.1) is 0 Å². The number of nitrogens with zero attached hydrogens (tertiary/aromatic N) is 2. The number of benzene rings is 2. The summed E-state index contributed by atoms with van der Waals surface area (Å²) in [5.74, 6) is -1.11. The molecule has 34 heavy (non-hydrogen) atoms. The normalized spacial score (nSPS) is 15.7. The van der Waals surface area contributed by atoms with E-state index in [0.29, 0.717) is 5.02 Å². The molecule has 11 nitrogen and oxygen atoms in total. The average Bonchev–Trinajstić information content (AvgIpc) is 3.12. The summed E-state index contributed by atoms with van der Waals surface area (Å²) in [7, 11) is -3.93. The van der Waals surface area contributed by atoms with Gasteiger partial charge in [0.1, 0.15) is 12.6 Å². The van der Waals surface area contributed by atoms with Gasteiger partial charge in [-0.2, -0.15) is 4.72 Å². The lowest BCUT2D eigenvalue weighted by molar-refractivity contribution is -0.134. The minimum absolute atomic E-state index is 0.0370. The lowest BCUT2D eigenvalue weighted by Gasteiger charge is -2.17. The highest BCUT2D eigenvalue weighted by Gasteiger charge is 2.35. The van der Waals surface area contributed by atoms with Gasteiger partial charge in [-0.1, -0.05) is 35.9 Å².